The van der Waals surface area contributed by atoms with Gasteiger partial charge in [0.15, 0.2) is 0 Å². The Bertz CT molecular complexity index is 774. The number of hydrogen-bond donors (Lipinski definition) is 2. The molecular formula is C18H19F2N3OS. The highest BCUT2D eigenvalue weighted by Crippen LogP contribution is 2.39. The second-order valence-electron chi connectivity index (χ2n) is 5.64. The normalized spacial score (nSPS) is 14.3. The largest absolute Gasteiger partial charge is 0.380 e. The molecule has 0 radical (unpaired) electrons. The van der Waals surface area contributed by atoms with Crippen LogP contribution in [0.2, 0.25) is 0 Å². The second-order valence-corrected chi connectivity index (χ2v) is 6.44. The van der Waals surface area contributed by atoms with Crippen LogP contribution in [0, 0.1) is 11.6 Å². The van der Waals surface area contributed by atoms with Crippen molar-refractivity contribution in [2.45, 2.75) is 24.3 Å². The average molecular weight is 363 g/mol. The molecule has 7 heteroatoms. The van der Waals surface area contributed by atoms with Crippen molar-refractivity contribution in [1.82, 2.24) is 5.32 Å². The minimum atomic E-state index is -0.603. The van der Waals surface area contributed by atoms with E-state index in [1.807, 2.05) is 25.1 Å². The smallest absolute Gasteiger partial charge is 0.208 e. The van der Waals surface area contributed by atoms with E-state index >= 15 is 0 Å². The van der Waals surface area contributed by atoms with Crippen LogP contribution in [0.25, 0.3) is 11.1 Å². The SMILES string of the molecule is CCC(CNC1=NSc2cccc(-c3cc(F)cc(F)c3)c2N1)OC. The number of halogens is 2. The van der Waals surface area contributed by atoms with Gasteiger partial charge in [-0.1, -0.05) is 19.1 Å². The van der Waals surface area contributed by atoms with Crippen molar-refractivity contribution in [3.05, 3.63) is 48.0 Å². The number of anilines is 1. The number of nitrogens with one attached hydrogen (secondary N) is 2. The van der Waals surface area contributed by atoms with E-state index < -0.39 is 11.6 Å². The van der Waals surface area contributed by atoms with Crippen LogP contribution in [-0.4, -0.2) is 25.7 Å². The van der Waals surface area contributed by atoms with Crippen LogP contribution in [0.1, 0.15) is 13.3 Å². The van der Waals surface area contributed by atoms with Gasteiger partial charge in [-0.2, -0.15) is 4.40 Å². The Balaban J connectivity index is 1.85. The van der Waals surface area contributed by atoms with E-state index in [-0.39, 0.29) is 6.10 Å². The van der Waals surface area contributed by atoms with Crippen molar-refractivity contribution in [3.8, 4) is 11.1 Å². The number of methoxy groups -OCH3 is 1. The third-order valence-electron chi connectivity index (χ3n) is 3.96. The monoisotopic (exact) mass is 363 g/mol. The Morgan fingerprint density at radius 3 is 2.68 bits per heavy atom. The fourth-order valence-corrected chi connectivity index (χ4v) is 3.29. The first-order chi connectivity index (χ1) is 12.1. The average Bonchev–Trinajstić information content (AvgIpc) is 2.61. The number of benzene rings is 2. The summed E-state index contributed by atoms with van der Waals surface area (Å²) in [4.78, 5) is 0.895. The Hall–Kier alpha value is -2.12. The molecule has 25 heavy (non-hydrogen) atoms. The number of hydrogen-bond acceptors (Lipinski definition) is 5. The van der Waals surface area contributed by atoms with Gasteiger partial charge in [0.2, 0.25) is 5.96 Å². The maximum absolute atomic E-state index is 13.6. The molecule has 1 heterocycles. The summed E-state index contributed by atoms with van der Waals surface area (Å²) in [5.74, 6) is -0.611. The predicted octanol–water partition coefficient (Wildman–Crippen LogP) is 4.44. The molecule has 2 aromatic carbocycles. The molecule has 0 saturated carbocycles. The predicted molar refractivity (Wildman–Crippen MR) is 97.8 cm³/mol. The van der Waals surface area contributed by atoms with Gasteiger partial charge in [0.1, 0.15) is 11.6 Å². The lowest BCUT2D eigenvalue weighted by Gasteiger charge is -2.23. The van der Waals surface area contributed by atoms with E-state index in [1.165, 1.54) is 24.1 Å². The Morgan fingerprint density at radius 1 is 1.24 bits per heavy atom. The fraction of sp³-hybridized carbons (Fsp3) is 0.278. The fourth-order valence-electron chi connectivity index (χ4n) is 2.60. The molecule has 1 atom stereocenters. The minimum absolute atomic E-state index is 0.0865. The first kappa shape index (κ1) is 17.7. The van der Waals surface area contributed by atoms with Gasteiger partial charge in [0.25, 0.3) is 0 Å². The highest BCUT2D eigenvalue weighted by atomic mass is 32.2. The molecule has 1 aliphatic rings. The van der Waals surface area contributed by atoms with Crippen molar-refractivity contribution in [1.29, 1.82) is 0 Å². The third kappa shape index (κ3) is 4.11. The zero-order valence-corrected chi connectivity index (χ0v) is 14.8. The number of fused-ring (bicyclic) bond motifs is 1. The highest BCUT2D eigenvalue weighted by molar-refractivity contribution is 7.98. The van der Waals surface area contributed by atoms with Crippen molar-refractivity contribution in [2.24, 2.45) is 4.40 Å². The van der Waals surface area contributed by atoms with E-state index in [0.29, 0.717) is 18.1 Å². The molecule has 0 aromatic heterocycles. The maximum Gasteiger partial charge on any atom is 0.208 e. The van der Waals surface area contributed by atoms with Gasteiger partial charge < -0.3 is 15.4 Å². The highest BCUT2D eigenvalue weighted by Gasteiger charge is 2.18. The first-order valence-corrected chi connectivity index (χ1v) is 8.76. The lowest BCUT2D eigenvalue weighted by atomic mass is 10.0. The van der Waals surface area contributed by atoms with Crippen LogP contribution >= 0.6 is 11.9 Å². The van der Waals surface area contributed by atoms with E-state index in [0.717, 1.165) is 28.6 Å². The van der Waals surface area contributed by atoms with Crippen LogP contribution in [0.4, 0.5) is 14.5 Å². The lowest BCUT2D eigenvalue weighted by molar-refractivity contribution is 0.103. The molecule has 132 valence electrons. The van der Waals surface area contributed by atoms with Gasteiger partial charge in [-0.3, -0.25) is 0 Å². The van der Waals surface area contributed by atoms with Crippen molar-refractivity contribution < 1.29 is 13.5 Å². The molecule has 1 aliphatic heterocycles. The summed E-state index contributed by atoms with van der Waals surface area (Å²) in [6.45, 7) is 2.66. The summed E-state index contributed by atoms with van der Waals surface area (Å²) in [6, 6.07) is 9.09. The number of guanidine groups is 1. The number of rotatable bonds is 5. The van der Waals surface area contributed by atoms with Crippen LogP contribution in [0.3, 0.4) is 0 Å². The summed E-state index contributed by atoms with van der Waals surface area (Å²) >= 11 is 1.32. The Morgan fingerprint density at radius 2 is 2.00 bits per heavy atom. The molecule has 0 spiro atoms. The minimum Gasteiger partial charge on any atom is -0.380 e. The quantitative estimate of drug-likeness (QED) is 0.771. The van der Waals surface area contributed by atoms with Gasteiger partial charge >= 0.3 is 0 Å². The zero-order chi connectivity index (χ0) is 17.8. The topological polar surface area (TPSA) is 45.7 Å². The Kier molecular flexibility index (Phi) is 5.55. The van der Waals surface area contributed by atoms with Gasteiger partial charge in [0, 0.05) is 37.2 Å². The van der Waals surface area contributed by atoms with E-state index in [1.54, 1.807) is 7.11 Å². The summed E-state index contributed by atoms with van der Waals surface area (Å²) in [5, 5.41) is 6.43. The van der Waals surface area contributed by atoms with Gasteiger partial charge in [-0.05, 0) is 30.2 Å². The molecule has 0 fully saturated rings. The standard InChI is InChI=1S/C18H19F2N3OS/c1-3-14(24-2)10-21-18-22-17-15(5-4-6-16(17)25-23-18)11-7-12(19)9-13(20)8-11/h4-9,14H,3,10H2,1-2H3,(H2,21,22,23). The number of ether oxygens (including phenoxy) is 1. The molecule has 4 nitrogen and oxygen atoms in total. The molecule has 3 rings (SSSR count). The summed E-state index contributed by atoms with van der Waals surface area (Å²) in [7, 11) is 1.67. The Labute approximate surface area is 149 Å². The first-order valence-electron chi connectivity index (χ1n) is 7.99. The second kappa shape index (κ2) is 7.84. The van der Waals surface area contributed by atoms with Crippen molar-refractivity contribution >= 4 is 23.6 Å². The summed E-state index contributed by atoms with van der Waals surface area (Å²) in [5.41, 5.74) is 1.98. The molecule has 0 aliphatic carbocycles. The molecule has 0 amide bonds. The van der Waals surface area contributed by atoms with Crippen LogP contribution in [-0.2, 0) is 4.74 Å². The van der Waals surface area contributed by atoms with Gasteiger partial charge in [0.05, 0.1) is 16.7 Å². The summed E-state index contributed by atoms with van der Waals surface area (Å²) < 4.78 is 36.9. The molecule has 1 unspecified atom stereocenters. The van der Waals surface area contributed by atoms with Gasteiger partial charge in [-0.25, -0.2) is 8.78 Å². The summed E-state index contributed by atoms with van der Waals surface area (Å²) in [6.07, 6.45) is 0.970. The maximum atomic E-state index is 13.6. The van der Waals surface area contributed by atoms with E-state index in [4.69, 9.17) is 4.74 Å². The lowest BCUT2D eigenvalue weighted by Crippen LogP contribution is -2.37. The van der Waals surface area contributed by atoms with Crippen LogP contribution in [0.5, 0.6) is 0 Å². The number of para-hydroxylation sites is 1. The van der Waals surface area contributed by atoms with Crippen molar-refractivity contribution in [2.75, 3.05) is 19.0 Å². The van der Waals surface area contributed by atoms with E-state index in [9.17, 15) is 8.78 Å². The van der Waals surface area contributed by atoms with E-state index in [2.05, 4.69) is 15.0 Å². The molecular weight excluding hydrogens is 344 g/mol. The van der Waals surface area contributed by atoms with Crippen molar-refractivity contribution in [3.63, 3.8) is 0 Å². The molecule has 0 bridgehead atoms. The van der Waals surface area contributed by atoms with Crippen LogP contribution in [0.15, 0.2) is 45.7 Å². The number of nitrogens with zero attached hydrogens (tertiary/aromatic N) is 1. The molecule has 0 saturated heterocycles. The van der Waals surface area contributed by atoms with Crippen LogP contribution < -0.4 is 10.6 Å². The van der Waals surface area contributed by atoms with Gasteiger partial charge in [-0.15, -0.1) is 0 Å². The molecule has 2 N–H and O–H groups in total. The third-order valence-corrected chi connectivity index (χ3v) is 4.78. The molecule has 2 aromatic rings. The zero-order valence-electron chi connectivity index (χ0n) is 14.0.